The molecule has 1 aliphatic rings. The molecule has 1 fully saturated rings. The maximum Gasteiger partial charge on any atom is 0.237 e. The largest absolute Gasteiger partial charge is 0.352 e. The summed E-state index contributed by atoms with van der Waals surface area (Å²) in [6, 6.07) is 0.901. The zero-order chi connectivity index (χ0) is 15.0. The van der Waals surface area contributed by atoms with Gasteiger partial charge in [0.15, 0.2) is 0 Å². The van der Waals surface area contributed by atoms with E-state index < -0.39 is 0 Å². The number of carbonyl (C=O) groups excluding carboxylic acids is 1. The molecule has 1 rings (SSSR count). The lowest BCUT2D eigenvalue weighted by Crippen LogP contribution is -2.46. The summed E-state index contributed by atoms with van der Waals surface area (Å²) in [5.74, 6) is 0.116. The predicted octanol–water partition coefficient (Wildman–Crippen LogP) is 2.14. The molecule has 0 radical (unpaired) electrons. The fraction of sp³-hybridized carbons (Fsp3) is 0.938. The van der Waals surface area contributed by atoms with Gasteiger partial charge < -0.3 is 15.5 Å². The third-order valence-electron chi connectivity index (χ3n) is 4.41. The van der Waals surface area contributed by atoms with Crippen LogP contribution in [0.2, 0.25) is 0 Å². The number of hydrogen-bond acceptors (Lipinski definition) is 3. The van der Waals surface area contributed by atoms with Gasteiger partial charge in [-0.25, -0.2) is 0 Å². The van der Waals surface area contributed by atoms with Gasteiger partial charge in [0.05, 0.1) is 6.04 Å². The van der Waals surface area contributed by atoms with Gasteiger partial charge in [-0.1, -0.05) is 13.3 Å². The van der Waals surface area contributed by atoms with Gasteiger partial charge in [-0.3, -0.25) is 4.79 Å². The van der Waals surface area contributed by atoms with E-state index >= 15 is 0 Å². The summed E-state index contributed by atoms with van der Waals surface area (Å²) in [5, 5.41) is 6.34. The van der Waals surface area contributed by atoms with Gasteiger partial charge >= 0.3 is 0 Å². The number of nitrogens with one attached hydrogen (secondary N) is 2. The molecule has 0 aromatic carbocycles. The molecule has 4 heteroatoms. The third-order valence-corrected chi connectivity index (χ3v) is 4.41. The fourth-order valence-corrected chi connectivity index (χ4v) is 2.65. The minimum atomic E-state index is -0.0946. The molecule has 118 valence electrons. The Kier molecular flexibility index (Phi) is 8.15. The predicted molar refractivity (Wildman–Crippen MR) is 84.9 cm³/mol. The molecule has 4 nitrogen and oxygen atoms in total. The molecule has 0 bridgehead atoms. The van der Waals surface area contributed by atoms with Crippen molar-refractivity contribution < 1.29 is 4.79 Å². The Morgan fingerprint density at radius 1 is 1.35 bits per heavy atom. The van der Waals surface area contributed by atoms with E-state index in [0.717, 1.165) is 32.0 Å². The van der Waals surface area contributed by atoms with Gasteiger partial charge in [0, 0.05) is 12.1 Å². The van der Waals surface area contributed by atoms with Crippen LogP contribution >= 0.6 is 0 Å². The first kappa shape index (κ1) is 17.4. The molecule has 2 N–H and O–H groups in total. The van der Waals surface area contributed by atoms with Crippen molar-refractivity contribution in [2.45, 2.75) is 77.9 Å². The zero-order valence-corrected chi connectivity index (χ0v) is 13.7. The monoisotopic (exact) mass is 283 g/mol. The number of carbonyl (C=O) groups is 1. The molecule has 20 heavy (non-hydrogen) atoms. The fourth-order valence-electron chi connectivity index (χ4n) is 2.65. The molecule has 1 aliphatic heterocycles. The molecule has 1 amide bonds. The molecular formula is C16H33N3O. The van der Waals surface area contributed by atoms with E-state index in [1.807, 2.05) is 13.8 Å². The van der Waals surface area contributed by atoms with Crippen LogP contribution in [0.5, 0.6) is 0 Å². The quantitative estimate of drug-likeness (QED) is 0.671. The van der Waals surface area contributed by atoms with E-state index in [-0.39, 0.29) is 18.0 Å². The molecule has 0 spiro atoms. The van der Waals surface area contributed by atoms with Crippen LogP contribution < -0.4 is 10.6 Å². The zero-order valence-electron chi connectivity index (χ0n) is 13.7. The van der Waals surface area contributed by atoms with Crippen molar-refractivity contribution in [1.29, 1.82) is 0 Å². The standard InChI is InChI=1S/C16H33N3O/c1-5-13(2)18-16(20)15(4)17-10-8-12-19-11-7-6-9-14(19)3/h13-15,17H,5-12H2,1-4H3,(H,18,20). The SMILES string of the molecule is CCC(C)NC(=O)C(C)NCCCN1CCCCC1C. The van der Waals surface area contributed by atoms with E-state index in [0.29, 0.717) is 0 Å². The highest BCUT2D eigenvalue weighted by molar-refractivity contribution is 5.81. The lowest BCUT2D eigenvalue weighted by Gasteiger charge is -2.33. The van der Waals surface area contributed by atoms with Crippen LogP contribution in [0.4, 0.5) is 0 Å². The van der Waals surface area contributed by atoms with Crippen molar-refractivity contribution >= 4 is 5.91 Å². The maximum atomic E-state index is 11.9. The molecule has 1 heterocycles. The van der Waals surface area contributed by atoms with Crippen LogP contribution in [0.1, 0.15) is 59.8 Å². The van der Waals surface area contributed by atoms with E-state index in [2.05, 4.69) is 29.4 Å². The second kappa shape index (κ2) is 9.35. The summed E-state index contributed by atoms with van der Waals surface area (Å²) in [4.78, 5) is 14.5. The molecule has 0 aromatic heterocycles. The molecule has 0 aliphatic carbocycles. The summed E-state index contributed by atoms with van der Waals surface area (Å²) in [6.07, 6.45) is 6.14. The Hall–Kier alpha value is -0.610. The number of hydrogen-bond donors (Lipinski definition) is 2. The van der Waals surface area contributed by atoms with Gasteiger partial charge in [-0.05, 0) is 66.1 Å². The van der Waals surface area contributed by atoms with E-state index in [9.17, 15) is 4.79 Å². The minimum absolute atomic E-state index is 0.0946. The van der Waals surface area contributed by atoms with Crippen molar-refractivity contribution in [3.05, 3.63) is 0 Å². The van der Waals surface area contributed by atoms with Gasteiger partial charge in [0.1, 0.15) is 0 Å². The molecule has 3 atom stereocenters. The van der Waals surface area contributed by atoms with E-state index in [1.54, 1.807) is 0 Å². The Morgan fingerprint density at radius 2 is 2.10 bits per heavy atom. The number of amides is 1. The number of nitrogens with zero attached hydrogens (tertiary/aromatic N) is 1. The lowest BCUT2D eigenvalue weighted by atomic mass is 10.0. The van der Waals surface area contributed by atoms with Crippen molar-refractivity contribution in [2.75, 3.05) is 19.6 Å². The normalized spacial score (nSPS) is 23.3. The average molecular weight is 283 g/mol. The summed E-state index contributed by atoms with van der Waals surface area (Å²) >= 11 is 0. The van der Waals surface area contributed by atoms with Crippen LogP contribution in [0.3, 0.4) is 0 Å². The summed E-state index contributed by atoms with van der Waals surface area (Å²) < 4.78 is 0. The smallest absolute Gasteiger partial charge is 0.237 e. The van der Waals surface area contributed by atoms with Crippen LogP contribution in [0.25, 0.3) is 0 Å². The molecule has 0 aromatic rings. The van der Waals surface area contributed by atoms with Crippen LogP contribution in [0.15, 0.2) is 0 Å². The highest BCUT2D eigenvalue weighted by atomic mass is 16.2. The second-order valence-corrected chi connectivity index (χ2v) is 6.23. The van der Waals surface area contributed by atoms with Gasteiger partial charge in [-0.15, -0.1) is 0 Å². The number of rotatable bonds is 8. The lowest BCUT2D eigenvalue weighted by molar-refractivity contribution is -0.123. The van der Waals surface area contributed by atoms with Crippen molar-refractivity contribution in [1.82, 2.24) is 15.5 Å². The highest BCUT2D eigenvalue weighted by Gasteiger charge is 2.18. The Bertz CT molecular complexity index is 283. The van der Waals surface area contributed by atoms with Crippen LogP contribution in [-0.2, 0) is 4.79 Å². The van der Waals surface area contributed by atoms with E-state index in [4.69, 9.17) is 0 Å². The van der Waals surface area contributed by atoms with Crippen molar-refractivity contribution in [3.8, 4) is 0 Å². The number of piperidine rings is 1. The molecule has 3 unspecified atom stereocenters. The van der Waals surface area contributed by atoms with Crippen molar-refractivity contribution in [2.24, 2.45) is 0 Å². The molecule has 0 saturated carbocycles. The summed E-state index contributed by atoms with van der Waals surface area (Å²) in [5.41, 5.74) is 0. The average Bonchev–Trinajstić information content (AvgIpc) is 2.44. The third kappa shape index (κ3) is 6.23. The van der Waals surface area contributed by atoms with Crippen LogP contribution in [0, 0.1) is 0 Å². The highest BCUT2D eigenvalue weighted by Crippen LogP contribution is 2.15. The Labute approximate surface area is 124 Å². The van der Waals surface area contributed by atoms with Crippen LogP contribution in [-0.4, -0.2) is 48.6 Å². The van der Waals surface area contributed by atoms with Gasteiger partial charge in [0.25, 0.3) is 0 Å². The number of likely N-dealkylation sites (tertiary alicyclic amines) is 1. The Balaban J connectivity index is 2.12. The maximum absolute atomic E-state index is 11.9. The van der Waals surface area contributed by atoms with Crippen molar-refractivity contribution in [3.63, 3.8) is 0 Å². The van der Waals surface area contributed by atoms with Gasteiger partial charge in [-0.2, -0.15) is 0 Å². The Morgan fingerprint density at radius 3 is 2.75 bits per heavy atom. The first-order valence-electron chi connectivity index (χ1n) is 8.32. The first-order valence-corrected chi connectivity index (χ1v) is 8.32. The van der Waals surface area contributed by atoms with Gasteiger partial charge in [0.2, 0.25) is 5.91 Å². The summed E-state index contributed by atoms with van der Waals surface area (Å²) in [7, 11) is 0. The molecular weight excluding hydrogens is 250 g/mol. The second-order valence-electron chi connectivity index (χ2n) is 6.23. The summed E-state index contributed by atoms with van der Waals surface area (Å²) in [6.45, 7) is 11.7. The van der Waals surface area contributed by atoms with E-state index in [1.165, 1.54) is 25.8 Å². The first-order chi connectivity index (χ1) is 9.54. The molecule has 1 saturated heterocycles. The topological polar surface area (TPSA) is 44.4 Å². The minimum Gasteiger partial charge on any atom is -0.352 e.